The van der Waals surface area contributed by atoms with Crippen LogP contribution in [-0.2, 0) is 25.6 Å². The molecule has 9 nitrogen and oxygen atoms in total. The van der Waals surface area contributed by atoms with Crippen molar-refractivity contribution in [1.29, 1.82) is 0 Å². The topological polar surface area (TPSA) is 94.0 Å². The van der Waals surface area contributed by atoms with Gasteiger partial charge in [0.05, 0.1) is 12.7 Å². The van der Waals surface area contributed by atoms with Crippen LogP contribution in [0.25, 0.3) is 10.9 Å². The lowest BCUT2D eigenvalue weighted by Gasteiger charge is -2.35. The number of amides is 1. The number of esters is 2. The first-order valence-corrected chi connectivity index (χ1v) is 10.3. The molecule has 2 aromatic heterocycles. The average molecular weight is 436 g/mol. The van der Waals surface area contributed by atoms with Gasteiger partial charge in [-0.3, -0.25) is 9.59 Å². The van der Waals surface area contributed by atoms with Crippen LogP contribution in [0, 0.1) is 0 Å². The van der Waals surface area contributed by atoms with Gasteiger partial charge in [0.2, 0.25) is 0 Å². The van der Waals surface area contributed by atoms with Crippen LogP contribution in [0.3, 0.4) is 0 Å². The van der Waals surface area contributed by atoms with Gasteiger partial charge in [0.15, 0.2) is 6.61 Å². The van der Waals surface area contributed by atoms with Gasteiger partial charge in [-0.25, -0.2) is 9.78 Å². The molecule has 1 saturated heterocycles. The molecule has 1 aliphatic rings. The number of aromatic nitrogens is 2. The van der Waals surface area contributed by atoms with Crippen LogP contribution in [-0.4, -0.2) is 72.2 Å². The van der Waals surface area contributed by atoms with Crippen molar-refractivity contribution < 1.29 is 23.9 Å². The van der Waals surface area contributed by atoms with Crippen LogP contribution >= 0.6 is 0 Å². The summed E-state index contributed by atoms with van der Waals surface area (Å²) in [5.74, 6) is -0.376. The van der Waals surface area contributed by atoms with Gasteiger partial charge in [-0.15, -0.1) is 0 Å². The second-order valence-corrected chi connectivity index (χ2v) is 7.40. The molecule has 1 fully saturated rings. The molecule has 0 N–H and O–H groups in total. The minimum Gasteiger partial charge on any atom is -0.465 e. The summed E-state index contributed by atoms with van der Waals surface area (Å²) in [7, 11) is 1.31. The van der Waals surface area contributed by atoms with Crippen LogP contribution in [0.4, 0.5) is 5.82 Å². The first-order chi connectivity index (χ1) is 15.6. The van der Waals surface area contributed by atoms with E-state index < -0.39 is 11.9 Å². The van der Waals surface area contributed by atoms with Gasteiger partial charge in [0.25, 0.3) is 5.91 Å². The Bertz CT molecular complexity index is 1120. The molecule has 0 unspecified atom stereocenters. The highest BCUT2D eigenvalue weighted by atomic mass is 16.5. The zero-order chi connectivity index (χ0) is 22.5. The molecular weight excluding hydrogens is 412 g/mol. The maximum Gasteiger partial charge on any atom is 0.340 e. The minimum atomic E-state index is -0.553. The Balaban J connectivity index is 1.31. The van der Waals surface area contributed by atoms with E-state index in [1.54, 1.807) is 34.0 Å². The van der Waals surface area contributed by atoms with Gasteiger partial charge in [0, 0.05) is 49.5 Å². The van der Waals surface area contributed by atoms with Crippen LogP contribution in [0.2, 0.25) is 0 Å². The van der Waals surface area contributed by atoms with E-state index in [0.717, 1.165) is 5.82 Å². The third-order valence-corrected chi connectivity index (χ3v) is 5.46. The number of methoxy groups -OCH3 is 1. The molecule has 3 aromatic rings. The zero-order valence-corrected chi connectivity index (χ0v) is 17.8. The number of piperazine rings is 1. The molecule has 166 valence electrons. The quantitative estimate of drug-likeness (QED) is 0.543. The van der Waals surface area contributed by atoms with E-state index in [0.29, 0.717) is 42.6 Å². The molecule has 1 aromatic carbocycles. The van der Waals surface area contributed by atoms with Crippen molar-refractivity contribution in [3.63, 3.8) is 0 Å². The maximum atomic E-state index is 12.5. The molecule has 3 heterocycles. The number of hydrogen-bond donors (Lipinski definition) is 0. The van der Waals surface area contributed by atoms with Crippen molar-refractivity contribution in [3.05, 3.63) is 60.4 Å². The number of pyridine rings is 1. The predicted octanol–water partition coefficient (Wildman–Crippen LogP) is 1.71. The smallest absolute Gasteiger partial charge is 0.340 e. The Morgan fingerprint density at radius 3 is 2.47 bits per heavy atom. The normalized spacial score (nSPS) is 13.8. The number of anilines is 1. The van der Waals surface area contributed by atoms with Crippen molar-refractivity contribution in [1.82, 2.24) is 14.5 Å². The first kappa shape index (κ1) is 21.4. The fraction of sp³-hybridized carbons (Fsp3) is 0.304. The van der Waals surface area contributed by atoms with Crippen molar-refractivity contribution in [2.45, 2.75) is 6.54 Å². The Labute approximate surface area is 185 Å². The van der Waals surface area contributed by atoms with E-state index >= 15 is 0 Å². The molecule has 9 heteroatoms. The lowest BCUT2D eigenvalue weighted by Crippen LogP contribution is -2.50. The maximum absolute atomic E-state index is 12.5. The van der Waals surface area contributed by atoms with E-state index in [-0.39, 0.29) is 19.1 Å². The summed E-state index contributed by atoms with van der Waals surface area (Å²) in [6.07, 6.45) is 3.31. The lowest BCUT2D eigenvalue weighted by atomic mass is 10.2. The van der Waals surface area contributed by atoms with Gasteiger partial charge in [-0.1, -0.05) is 24.3 Å². The highest BCUT2D eigenvalue weighted by molar-refractivity contribution is 6.04. The molecule has 0 aliphatic carbocycles. The number of rotatable bonds is 6. The second-order valence-electron chi connectivity index (χ2n) is 7.40. The number of benzene rings is 1. The molecule has 0 atom stereocenters. The van der Waals surface area contributed by atoms with E-state index in [2.05, 4.69) is 9.88 Å². The van der Waals surface area contributed by atoms with E-state index in [4.69, 9.17) is 9.47 Å². The molecule has 0 saturated carbocycles. The van der Waals surface area contributed by atoms with Gasteiger partial charge in [-0.05, 0) is 18.2 Å². The monoisotopic (exact) mass is 436 g/mol. The molecule has 0 radical (unpaired) electrons. The molecule has 1 aliphatic heterocycles. The summed E-state index contributed by atoms with van der Waals surface area (Å²) in [6, 6.07) is 13.0. The number of ether oxygens (including phenoxy) is 2. The van der Waals surface area contributed by atoms with Crippen molar-refractivity contribution in [3.8, 4) is 0 Å². The number of carbonyl (C=O) groups excluding carboxylic acids is 3. The summed E-state index contributed by atoms with van der Waals surface area (Å²) in [5, 5.41) is 0.689. The van der Waals surface area contributed by atoms with Gasteiger partial charge < -0.3 is 23.8 Å². The number of nitrogens with zero attached hydrogens (tertiary/aromatic N) is 4. The summed E-state index contributed by atoms with van der Waals surface area (Å²) in [4.78, 5) is 45.0. The Kier molecular flexibility index (Phi) is 6.34. The van der Waals surface area contributed by atoms with Crippen molar-refractivity contribution in [2.75, 3.05) is 44.8 Å². The Hall–Kier alpha value is -3.88. The second kappa shape index (κ2) is 9.51. The lowest BCUT2D eigenvalue weighted by molar-refractivity contribution is -0.152. The predicted molar refractivity (Wildman–Crippen MR) is 117 cm³/mol. The van der Waals surface area contributed by atoms with Crippen molar-refractivity contribution >= 4 is 34.6 Å². The van der Waals surface area contributed by atoms with Crippen LogP contribution in [0.15, 0.2) is 54.9 Å². The van der Waals surface area contributed by atoms with Crippen LogP contribution in [0.5, 0.6) is 0 Å². The van der Waals surface area contributed by atoms with Gasteiger partial charge >= 0.3 is 11.9 Å². The standard InChI is InChI=1S/C23H24N4O5/c1-31-23(30)18-14-27(19-7-3-2-6-17(18)19)15-22(29)32-16-21(28)26-12-10-25(11-13-26)20-8-4-5-9-24-20/h2-9,14H,10-13,15-16H2,1H3. The summed E-state index contributed by atoms with van der Waals surface area (Å²) in [5.41, 5.74) is 1.08. The SMILES string of the molecule is COC(=O)c1cn(CC(=O)OCC(=O)N2CCN(c3ccccn3)CC2)c2ccccc12. The van der Waals surface area contributed by atoms with Crippen LogP contribution < -0.4 is 4.90 Å². The molecule has 32 heavy (non-hydrogen) atoms. The molecule has 1 amide bonds. The zero-order valence-electron chi connectivity index (χ0n) is 17.8. The third-order valence-electron chi connectivity index (χ3n) is 5.46. The number of fused-ring (bicyclic) bond motifs is 1. The van der Waals surface area contributed by atoms with E-state index in [9.17, 15) is 14.4 Å². The summed E-state index contributed by atoms with van der Waals surface area (Å²) in [6.45, 7) is 1.99. The third kappa shape index (κ3) is 4.56. The molecular formula is C23H24N4O5. The summed E-state index contributed by atoms with van der Waals surface area (Å²) < 4.78 is 11.7. The highest BCUT2D eigenvalue weighted by Gasteiger charge is 2.23. The minimum absolute atomic E-state index is 0.113. The fourth-order valence-electron chi connectivity index (χ4n) is 3.79. The molecule has 4 rings (SSSR count). The Morgan fingerprint density at radius 2 is 1.75 bits per heavy atom. The summed E-state index contributed by atoms with van der Waals surface area (Å²) >= 11 is 0. The van der Waals surface area contributed by atoms with Crippen molar-refractivity contribution in [2.24, 2.45) is 0 Å². The average Bonchev–Trinajstić information content (AvgIpc) is 3.21. The Morgan fingerprint density at radius 1 is 1.00 bits per heavy atom. The number of carbonyl (C=O) groups is 3. The molecule has 0 spiro atoms. The number of hydrogen-bond acceptors (Lipinski definition) is 7. The first-order valence-electron chi connectivity index (χ1n) is 10.3. The largest absolute Gasteiger partial charge is 0.465 e. The van der Waals surface area contributed by atoms with Gasteiger partial charge in [-0.2, -0.15) is 0 Å². The van der Waals surface area contributed by atoms with Crippen LogP contribution in [0.1, 0.15) is 10.4 Å². The fourth-order valence-corrected chi connectivity index (χ4v) is 3.79. The highest BCUT2D eigenvalue weighted by Crippen LogP contribution is 2.22. The van der Waals surface area contributed by atoms with E-state index in [1.165, 1.54) is 7.11 Å². The van der Waals surface area contributed by atoms with Gasteiger partial charge in [0.1, 0.15) is 12.4 Å². The van der Waals surface area contributed by atoms with E-state index in [1.807, 2.05) is 30.3 Å². The molecule has 0 bridgehead atoms. The number of para-hydroxylation sites is 1.